The van der Waals surface area contributed by atoms with Crippen molar-refractivity contribution in [2.45, 2.75) is 25.9 Å². The highest BCUT2D eigenvalue weighted by atomic mass is 19.1. The zero-order chi connectivity index (χ0) is 17.4. The summed E-state index contributed by atoms with van der Waals surface area (Å²) in [6.45, 7) is 1.86. The molecule has 4 heteroatoms. The summed E-state index contributed by atoms with van der Waals surface area (Å²) in [6, 6.07) is 15.5. The van der Waals surface area contributed by atoms with Crippen LogP contribution in [0.15, 0.2) is 60.7 Å². The standard InChI is InChI=1S/C20H22FNO2/c1-2-18(15-23)22(14-17-10-6-7-11-19(17)21)20(24)13-12-16-8-4-3-5-9-16/h3-13,18,23H,2,14-15H2,1H3/b13-12+/t18-/m1/s1. The Morgan fingerprint density at radius 1 is 1.17 bits per heavy atom. The Labute approximate surface area is 142 Å². The lowest BCUT2D eigenvalue weighted by Gasteiger charge is -2.29. The molecule has 0 spiro atoms. The molecule has 0 aliphatic heterocycles. The van der Waals surface area contributed by atoms with E-state index in [-0.39, 0.29) is 30.9 Å². The molecule has 0 aromatic heterocycles. The summed E-state index contributed by atoms with van der Waals surface area (Å²) in [4.78, 5) is 14.1. The summed E-state index contributed by atoms with van der Waals surface area (Å²) in [5.74, 6) is -0.599. The number of carbonyl (C=O) groups is 1. The lowest BCUT2D eigenvalue weighted by Crippen LogP contribution is -2.41. The van der Waals surface area contributed by atoms with Crippen molar-refractivity contribution in [2.24, 2.45) is 0 Å². The summed E-state index contributed by atoms with van der Waals surface area (Å²) >= 11 is 0. The molecule has 1 amide bonds. The van der Waals surface area contributed by atoms with E-state index in [9.17, 15) is 14.3 Å². The molecule has 0 saturated carbocycles. The van der Waals surface area contributed by atoms with Gasteiger partial charge in [-0.25, -0.2) is 4.39 Å². The molecular formula is C20H22FNO2. The first-order chi connectivity index (χ1) is 11.7. The molecular weight excluding hydrogens is 305 g/mol. The van der Waals surface area contributed by atoms with E-state index in [1.54, 1.807) is 24.3 Å². The normalized spacial score (nSPS) is 12.3. The van der Waals surface area contributed by atoms with Crippen LogP contribution in [0.4, 0.5) is 4.39 Å². The van der Waals surface area contributed by atoms with Crippen LogP contribution in [0, 0.1) is 5.82 Å². The van der Waals surface area contributed by atoms with Gasteiger partial charge < -0.3 is 10.0 Å². The molecule has 2 rings (SSSR count). The Hall–Kier alpha value is -2.46. The van der Waals surface area contributed by atoms with Gasteiger partial charge in [0.1, 0.15) is 5.82 Å². The molecule has 3 nitrogen and oxygen atoms in total. The summed E-state index contributed by atoms with van der Waals surface area (Å²) in [7, 11) is 0. The SMILES string of the molecule is CC[C@H](CO)N(Cc1ccccc1F)C(=O)/C=C/c1ccccc1. The fourth-order valence-electron chi connectivity index (χ4n) is 2.47. The number of aliphatic hydroxyl groups excluding tert-OH is 1. The van der Waals surface area contributed by atoms with E-state index in [1.807, 2.05) is 37.3 Å². The molecule has 1 N–H and O–H groups in total. The third-order valence-corrected chi connectivity index (χ3v) is 3.92. The molecule has 0 radical (unpaired) electrons. The Kier molecular flexibility index (Phi) is 6.70. The van der Waals surface area contributed by atoms with Crippen molar-refractivity contribution in [3.63, 3.8) is 0 Å². The van der Waals surface area contributed by atoms with Crippen LogP contribution in [0.2, 0.25) is 0 Å². The maximum atomic E-state index is 13.9. The maximum absolute atomic E-state index is 13.9. The second-order valence-electron chi connectivity index (χ2n) is 5.55. The highest BCUT2D eigenvalue weighted by Crippen LogP contribution is 2.15. The van der Waals surface area contributed by atoms with Crippen LogP contribution in [0.25, 0.3) is 6.08 Å². The first-order valence-electron chi connectivity index (χ1n) is 8.03. The van der Waals surface area contributed by atoms with Crippen LogP contribution in [-0.4, -0.2) is 28.6 Å². The van der Waals surface area contributed by atoms with Gasteiger partial charge in [-0.3, -0.25) is 4.79 Å². The Morgan fingerprint density at radius 3 is 2.46 bits per heavy atom. The highest BCUT2D eigenvalue weighted by Gasteiger charge is 2.21. The van der Waals surface area contributed by atoms with Gasteiger partial charge in [0.15, 0.2) is 0 Å². The third kappa shape index (κ3) is 4.77. The van der Waals surface area contributed by atoms with E-state index < -0.39 is 0 Å². The highest BCUT2D eigenvalue weighted by molar-refractivity contribution is 5.92. The van der Waals surface area contributed by atoms with E-state index in [4.69, 9.17) is 0 Å². The number of amides is 1. The molecule has 0 saturated heterocycles. The number of rotatable bonds is 7. The summed E-state index contributed by atoms with van der Waals surface area (Å²) in [5.41, 5.74) is 1.35. The minimum absolute atomic E-state index is 0.129. The van der Waals surface area contributed by atoms with Crippen molar-refractivity contribution in [1.29, 1.82) is 0 Å². The van der Waals surface area contributed by atoms with Crippen LogP contribution < -0.4 is 0 Å². The van der Waals surface area contributed by atoms with Crippen LogP contribution in [0.3, 0.4) is 0 Å². The van der Waals surface area contributed by atoms with Gasteiger partial charge in [0, 0.05) is 18.2 Å². The lowest BCUT2D eigenvalue weighted by molar-refractivity contribution is -0.130. The minimum Gasteiger partial charge on any atom is -0.394 e. The molecule has 126 valence electrons. The zero-order valence-corrected chi connectivity index (χ0v) is 13.7. The van der Waals surface area contributed by atoms with Crippen LogP contribution in [0.5, 0.6) is 0 Å². The number of carbonyl (C=O) groups excluding carboxylic acids is 1. The van der Waals surface area contributed by atoms with Crippen molar-refractivity contribution in [2.75, 3.05) is 6.61 Å². The molecule has 2 aromatic carbocycles. The topological polar surface area (TPSA) is 40.5 Å². The smallest absolute Gasteiger partial charge is 0.247 e. The van der Waals surface area contributed by atoms with E-state index >= 15 is 0 Å². The predicted molar refractivity (Wildman–Crippen MR) is 93.6 cm³/mol. The fraction of sp³-hybridized carbons (Fsp3) is 0.250. The fourth-order valence-corrected chi connectivity index (χ4v) is 2.47. The number of hydrogen-bond donors (Lipinski definition) is 1. The number of hydrogen-bond acceptors (Lipinski definition) is 2. The van der Waals surface area contributed by atoms with Crippen molar-refractivity contribution in [1.82, 2.24) is 4.90 Å². The predicted octanol–water partition coefficient (Wildman–Crippen LogP) is 3.64. The molecule has 0 aliphatic rings. The molecule has 0 aliphatic carbocycles. The Bertz CT molecular complexity index is 681. The van der Waals surface area contributed by atoms with E-state index in [0.29, 0.717) is 12.0 Å². The zero-order valence-electron chi connectivity index (χ0n) is 13.7. The van der Waals surface area contributed by atoms with Crippen molar-refractivity contribution in [3.05, 3.63) is 77.6 Å². The first-order valence-corrected chi connectivity index (χ1v) is 8.03. The molecule has 2 aromatic rings. The largest absolute Gasteiger partial charge is 0.394 e. The number of benzene rings is 2. The quantitative estimate of drug-likeness (QED) is 0.789. The van der Waals surface area contributed by atoms with Gasteiger partial charge in [0.05, 0.1) is 12.6 Å². The van der Waals surface area contributed by atoms with Gasteiger partial charge in [-0.15, -0.1) is 0 Å². The van der Waals surface area contributed by atoms with Crippen LogP contribution in [-0.2, 0) is 11.3 Å². The van der Waals surface area contributed by atoms with E-state index in [1.165, 1.54) is 17.0 Å². The summed E-state index contributed by atoms with van der Waals surface area (Å²) in [5, 5.41) is 9.57. The monoisotopic (exact) mass is 327 g/mol. The number of nitrogens with zero attached hydrogens (tertiary/aromatic N) is 1. The van der Waals surface area contributed by atoms with E-state index in [2.05, 4.69) is 0 Å². The molecule has 0 fully saturated rings. The molecule has 1 atom stereocenters. The van der Waals surface area contributed by atoms with Gasteiger partial charge in [-0.2, -0.15) is 0 Å². The number of halogens is 1. The van der Waals surface area contributed by atoms with Crippen molar-refractivity contribution >= 4 is 12.0 Å². The average molecular weight is 327 g/mol. The van der Waals surface area contributed by atoms with Gasteiger partial charge in [-0.1, -0.05) is 55.5 Å². The van der Waals surface area contributed by atoms with Crippen LogP contribution >= 0.6 is 0 Å². The molecule has 24 heavy (non-hydrogen) atoms. The second-order valence-corrected chi connectivity index (χ2v) is 5.55. The van der Waals surface area contributed by atoms with E-state index in [0.717, 1.165) is 5.56 Å². The third-order valence-electron chi connectivity index (χ3n) is 3.92. The molecule has 0 bridgehead atoms. The van der Waals surface area contributed by atoms with Crippen molar-refractivity contribution < 1.29 is 14.3 Å². The number of aliphatic hydroxyl groups is 1. The molecule has 0 heterocycles. The second kappa shape index (κ2) is 8.99. The maximum Gasteiger partial charge on any atom is 0.247 e. The Morgan fingerprint density at radius 2 is 1.83 bits per heavy atom. The average Bonchev–Trinajstić information content (AvgIpc) is 2.62. The summed E-state index contributed by atoms with van der Waals surface area (Å²) in [6.07, 6.45) is 3.78. The van der Waals surface area contributed by atoms with Gasteiger partial charge in [0.25, 0.3) is 0 Å². The van der Waals surface area contributed by atoms with Crippen LogP contribution in [0.1, 0.15) is 24.5 Å². The minimum atomic E-state index is -0.352. The molecule has 0 unspecified atom stereocenters. The van der Waals surface area contributed by atoms with Gasteiger partial charge in [-0.05, 0) is 24.1 Å². The lowest BCUT2D eigenvalue weighted by atomic mass is 10.1. The summed E-state index contributed by atoms with van der Waals surface area (Å²) < 4.78 is 13.9. The first kappa shape index (κ1) is 17.9. The Balaban J connectivity index is 2.20. The van der Waals surface area contributed by atoms with Gasteiger partial charge >= 0.3 is 0 Å². The van der Waals surface area contributed by atoms with Crippen molar-refractivity contribution in [3.8, 4) is 0 Å². The van der Waals surface area contributed by atoms with Gasteiger partial charge in [0.2, 0.25) is 5.91 Å².